The molecule has 2 aromatic rings. The number of thiazole rings is 2. The molecule has 0 saturated heterocycles. The lowest BCUT2D eigenvalue weighted by atomic mass is 10.0. The summed E-state index contributed by atoms with van der Waals surface area (Å²) in [6.07, 6.45) is 19.1. The number of amides is 6. The van der Waals surface area contributed by atoms with Gasteiger partial charge in [-0.15, -0.1) is 58.0 Å². The normalized spacial score (nSPS) is 26.2. The summed E-state index contributed by atoms with van der Waals surface area (Å²) in [5, 5.41) is 18.9. The van der Waals surface area contributed by atoms with Crippen LogP contribution in [0.3, 0.4) is 0 Å². The zero-order valence-electron chi connectivity index (χ0n) is 64.2. The van der Waals surface area contributed by atoms with Crippen LogP contribution in [0.5, 0.6) is 0 Å². The highest BCUT2D eigenvalue weighted by Crippen LogP contribution is 2.37. The zero-order valence-corrected chi connectivity index (χ0v) is 70.8. The molecule has 0 aliphatic carbocycles. The minimum absolute atomic E-state index is 0.0125. The topological polar surface area (TPSA) is 345 Å². The Labute approximate surface area is 674 Å². The van der Waals surface area contributed by atoms with Crippen molar-refractivity contribution < 1.29 is 67.0 Å². The van der Waals surface area contributed by atoms with E-state index in [1.807, 2.05) is 63.6 Å². The number of hydrogen-bond acceptors (Lipinski definition) is 28. The van der Waals surface area contributed by atoms with Gasteiger partial charge in [0, 0.05) is 79.1 Å². The van der Waals surface area contributed by atoms with Crippen LogP contribution < -0.4 is 21.3 Å². The summed E-state index contributed by atoms with van der Waals surface area (Å²) in [7, 11) is 3.31. The molecule has 4 N–H and O–H groups in total. The molecule has 7 aliphatic rings. The molecule has 109 heavy (non-hydrogen) atoms. The standard InChI is InChI=1S/C30H44N4O5S3.C23H30N4O5S3.C22H30N4O4S2/c1-6-8-9-10-11-15-26(36)40-16-13-12-14-21-17-25(35)33(4)18-24-31-22(19-41-24)27-32-30(3,20-42-27)29(38)34(5)23(7-2)28(37)39-21;1-13(2)19-21(30)32-15(7-5-6-8-33-14(3)28)9-17(29)24-10-18-25-16(11-34-18)20-27-23(4,12-35-20)22(31)26-19;1-13(2)18-20(28)30-15(6-4-5-9-31)10-17(27)23-11-14-7-8-16(24-14)19-26-22(3,12-32-19)21(29)25-18/h12,14,19,21,23H,6-11,13,15-18,20H2,1-5H3;5,7,11,13,15,19H,6,8-10,12H2,1-4H3,(H,24,29)(H,26,31);4,6,8,13,15,18,31H,5,7,9-12H2,1-3H3,(H,23,27)(H,25,29)/b14-12+;7-5+;6-4+/t21-,23+,30+;15-,19+,23+;15-,18+,22+/m111/s1. The molecule has 9 heterocycles. The van der Waals surface area contributed by atoms with E-state index in [1.165, 1.54) is 113 Å². The molecule has 596 valence electrons. The van der Waals surface area contributed by atoms with E-state index in [1.54, 1.807) is 64.1 Å². The van der Waals surface area contributed by atoms with Gasteiger partial charge in [-0.25, -0.2) is 24.4 Å². The molecule has 2 aromatic heterocycles. The number of allylic oxidation sites excluding steroid dienone is 4. The van der Waals surface area contributed by atoms with Crippen LogP contribution in [0.25, 0.3) is 0 Å². The van der Waals surface area contributed by atoms with Crippen molar-refractivity contribution in [2.75, 3.05) is 55.2 Å². The number of likely N-dealkylation sites (N-methyl/N-ethyl adjacent to an activating group) is 1. The molecular weight excluding hydrogens is 1550 g/mol. The fraction of sp³-hybridized carbons (Fsp3) is 0.613. The molecule has 26 nitrogen and oxygen atoms in total. The van der Waals surface area contributed by atoms with Gasteiger partial charge in [0.1, 0.15) is 89.6 Å². The lowest BCUT2D eigenvalue weighted by Crippen LogP contribution is -2.53. The SMILES string of the molecule is CC(=O)SCC/C=C/[C@@H]1CC(=O)NCc2nc(cs2)C2=N[C@@](C)(CS2)C(=O)N[C@@H](C(C)C)C(=O)O1.CC(C)[C@@H]1NC(=O)[C@]2(C)CSC(=N2)C2=CCC(=N2)CNC(=O)C[C@@H](/C=C/CCS)OC1=O.CCCCCCCC(=O)SCC/C=C/[C@@H]1CC(=O)N(C)Cc2nc(cs2)C2=N[C@@](C)(CS2)C(=O)N(C)[C@@H](CC)C(=O)O1. The fourth-order valence-corrected chi connectivity index (χ4v) is 18.1. The molecule has 0 aromatic carbocycles. The van der Waals surface area contributed by atoms with E-state index >= 15 is 0 Å². The molecule has 9 rings (SSSR count). The first-order valence-electron chi connectivity index (χ1n) is 36.9. The van der Waals surface area contributed by atoms with E-state index in [2.05, 4.69) is 65.8 Å². The Morgan fingerprint density at radius 3 is 1.70 bits per heavy atom. The molecule has 6 amide bonds. The van der Waals surface area contributed by atoms with E-state index in [0.717, 1.165) is 29.3 Å². The van der Waals surface area contributed by atoms with Gasteiger partial charge >= 0.3 is 17.9 Å². The van der Waals surface area contributed by atoms with Crippen LogP contribution in [0.15, 0.2) is 79.0 Å². The molecule has 0 fully saturated rings. The number of cyclic esters (lactones) is 3. The smallest absolute Gasteiger partial charge is 0.329 e. The molecule has 9 atom stereocenters. The molecule has 0 saturated carbocycles. The predicted molar refractivity (Wildman–Crippen MR) is 442 cm³/mol. The molecule has 0 radical (unpaired) electrons. The summed E-state index contributed by atoms with van der Waals surface area (Å²) in [5.74, 6) is -0.642. The number of nitrogens with zero attached hydrogens (tertiary/aromatic N) is 8. The number of carbonyl (C=O) groups is 11. The number of unbranched alkanes of at least 4 members (excludes halogenated alkanes) is 4. The Balaban J connectivity index is 0.000000230. The number of hydrogen-bond donors (Lipinski definition) is 5. The molecule has 0 spiro atoms. The van der Waals surface area contributed by atoms with Crippen molar-refractivity contribution in [2.45, 2.75) is 225 Å². The second-order valence-electron chi connectivity index (χ2n) is 28.3. The van der Waals surface area contributed by atoms with E-state index in [4.69, 9.17) is 19.2 Å². The summed E-state index contributed by atoms with van der Waals surface area (Å²) >= 11 is 13.9. The number of thioether (sulfide) groups is 5. The van der Waals surface area contributed by atoms with Crippen molar-refractivity contribution in [1.29, 1.82) is 0 Å². The third kappa shape index (κ3) is 27.4. The quantitative estimate of drug-likeness (QED) is 0.0270. The molecule has 0 unspecified atom stereocenters. The van der Waals surface area contributed by atoms with Crippen LogP contribution >= 0.6 is 94.1 Å². The van der Waals surface area contributed by atoms with Gasteiger partial charge in [0.15, 0.2) is 10.2 Å². The largest absolute Gasteiger partial charge is 0.456 e. The number of aromatic nitrogens is 2. The summed E-state index contributed by atoms with van der Waals surface area (Å²) < 4.78 is 17.2. The van der Waals surface area contributed by atoms with Gasteiger partial charge in [-0.3, -0.25) is 58.3 Å². The average Bonchev–Trinajstić information content (AvgIpc) is 1.67. The number of carbonyl (C=O) groups excluding carboxylic acids is 11. The fourth-order valence-electron chi connectivity index (χ4n) is 11.5. The van der Waals surface area contributed by atoms with Gasteiger partial charge in [-0.2, -0.15) is 12.6 Å². The average molecular weight is 1650 g/mol. The van der Waals surface area contributed by atoms with E-state index in [9.17, 15) is 52.7 Å². The predicted octanol–water partition coefficient (Wildman–Crippen LogP) is 10.2. The maximum absolute atomic E-state index is 13.6. The lowest BCUT2D eigenvalue weighted by molar-refractivity contribution is -0.159. The third-order valence-electron chi connectivity index (χ3n) is 18.0. The second kappa shape index (κ2) is 43.6. The number of esters is 3. The highest BCUT2D eigenvalue weighted by Gasteiger charge is 2.46. The minimum atomic E-state index is -1.03. The minimum Gasteiger partial charge on any atom is -0.456 e. The van der Waals surface area contributed by atoms with Crippen LogP contribution in [0.1, 0.15) is 181 Å². The lowest BCUT2D eigenvalue weighted by Gasteiger charge is -2.32. The number of fused-ring (bicyclic) bond motifs is 11. The zero-order chi connectivity index (χ0) is 79.6. The highest BCUT2D eigenvalue weighted by atomic mass is 32.2. The van der Waals surface area contributed by atoms with Gasteiger partial charge in [0.2, 0.25) is 29.5 Å². The van der Waals surface area contributed by atoms with Gasteiger partial charge < -0.3 is 45.3 Å². The van der Waals surface area contributed by atoms with Gasteiger partial charge in [0.05, 0.1) is 44.6 Å². The Kier molecular flexibility index (Phi) is 35.9. The number of rotatable bonds is 20. The van der Waals surface area contributed by atoms with E-state index < -0.39 is 71.0 Å². The van der Waals surface area contributed by atoms with Crippen LogP contribution in [0.2, 0.25) is 0 Å². The number of aliphatic imine (C=N–C) groups is 4. The van der Waals surface area contributed by atoms with E-state index in [-0.39, 0.29) is 83.3 Å². The highest BCUT2D eigenvalue weighted by molar-refractivity contribution is 8.15. The van der Waals surface area contributed by atoms with Crippen LogP contribution in [-0.2, 0) is 80.0 Å². The number of thiol groups is 1. The Hall–Kier alpha value is -6.43. The van der Waals surface area contributed by atoms with Crippen molar-refractivity contribution in [1.82, 2.24) is 41.0 Å². The van der Waals surface area contributed by atoms with E-state index in [0.29, 0.717) is 118 Å². The van der Waals surface area contributed by atoms with Gasteiger partial charge in [-0.1, -0.05) is 115 Å². The molecule has 7 aliphatic heterocycles. The van der Waals surface area contributed by atoms with Crippen molar-refractivity contribution in [3.8, 4) is 0 Å². The second-order valence-corrected chi connectivity index (χ2v) is 36.0. The van der Waals surface area contributed by atoms with Crippen LogP contribution in [0, 0.1) is 11.8 Å². The summed E-state index contributed by atoms with van der Waals surface area (Å²) in [6.45, 7) is 19.0. The third-order valence-corrected chi connectivity index (χ3v) is 25.6. The van der Waals surface area contributed by atoms with Crippen molar-refractivity contribution in [3.63, 3.8) is 0 Å². The van der Waals surface area contributed by atoms with Crippen molar-refractivity contribution in [3.05, 3.63) is 80.4 Å². The molecular formula is C75H104N12O14S8. The number of ether oxygens (including phenoxy) is 3. The maximum atomic E-state index is 13.6. The van der Waals surface area contributed by atoms with Crippen LogP contribution in [0.4, 0.5) is 0 Å². The van der Waals surface area contributed by atoms with Crippen LogP contribution in [-0.4, -0.2) is 212 Å². The monoisotopic (exact) mass is 1650 g/mol. The molecule has 34 heteroatoms. The first-order valence-corrected chi connectivity index (χ1v) is 44.2. The Morgan fingerprint density at radius 2 is 1.14 bits per heavy atom. The first kappa shape index (κ1) is 89.8. The first-order chi connectivity index (χ1) is 51.9. The Bertz CT molecular complexity index is 3870. The summed E-state index contributed by atoms with van der Waals surface area (Å²) in [4.78, 5) is 172. The molecule has 12 bridgehead atoms. The van der Waals surface area contributed by atoms with Gasteiger partial charge in [-0.05, 0) is 88.7 Å². The summed E-state index contributed by atoms with van der Waals surface area (Å²) in [6, 6.07) is -2.56. The summed E-state index contributed by atoms with van der Waals surface area (Å²) in [5.41, 5.74) is -0.111. The van der Waals surface area contributed by atoms with Crippen molar-refractivity contribution in [2.24, 2.45) is 31.8 Å². The number of nitrogens with one attached hydrogen (secondary N) is 4. The van der Waals surface area contributed by atoms with Crippen molar-refractivity contribution >= 4 is 179 Å². The van der Waals surface area contributed by atoms with Gasteiger partial charge in [0.25, 0.3) is 5.91 Å². The Morgan fingerprint density at radius 1 is 0.642 bits per heavy atom. The maximum Gasteiger partial charge on any atom is 0.329 e.